The van der Waals surface area contributed by atoms with Gasteiger partial charge in [0.05, 0.1) is 9.72 Å². The van der Waals surface area contributed by atoms with Crippen molar-refractivity contribution in [3.63, 3.8) is 0 Å². The van der Waals surface area contributed by atoms with Gasteiger partial charge in [-0.25, -0.2) is 8.42 Å². The maximum absolute atomic E-state index is 12.6. The number of nitrogens with one attached hydrogen (secondary N) is 1. The number of alkyl halides is 1. The lowest BCUT2D eigenvalue weighted by Gasteiger charge is -2.23. The number of halogens is 1. The fraction of sp³-hybridized carbons (Fsp3) is 0.350. The monoisotopic (exact) mass is 453 g/mol. The first-order chi connectivity index (χ1) is 12.4. The van der Waals surface area contributed by atoms with Crippen LogP contribution in [0, 0.1) is 6.92 Å². The average Bonchev–Trinajstić information content (AvgIpc) is 2.58. The molecule has 2 aromatic carbocycles. The van der Waals surface area contributed by atoms with Gasteiger partial charge in [-0.3, -0.25) is 4.79 Å². The van der Waals surface area contributed by atoms with Crippen LogP contribution in [-0.4, -0.2) is 25.5 Å². The molecule has 0 spiro atoms. The van der Waals surface area contributed by atoms with Crippen molar-refractivity contribution in [3.8, 4) is 0 Å². The Labute approximate surface area is 169 Å². The molecule has 7 heteroatoms. The maximum atomic E-state index is 12.6. The van der Waals surface area contributed by atoms with Gasteiger partial charge in [-0.05, 0) is 35.6 Å². The largest absolute Gasteiger partial charge is 0.480 e. The van der Waals surface area contributed by atoms with E-state index in [1.165, 1.54) is 12.1 Å². The highest BCUT2D eigenvalue weighted by atomic mass is 79.9. The number of carboxylic acids is 1. The fourth-order valence-corrected chi connectivity index (χ4v) is 4.59. The quantitative estimate of drug-likeness (QED) is 0.643. The van der Waals surface area contributed by atoms with E-state index < -0.39 is 26.9 Å². The summed E-state index contributed by atoms with van der Waals surface area (Å²) in [7, 11) is -3.97. The second-order valence-corrected chi connectivity index (χ2v) is 10.2. The topological polar surface area (TPSA) is 83.5 Å². The van der Waals surface area contributed by atoms with E-state index >= 15 is 0 Å². The first-order valence-electron chi connectivity index (χ1n) is 8.48. The molecule has 2 aromatic rings. The Morgan fingerprint density at radius 3 is 2.00 bits per heavy atom. The molecule has 0 saturated heterocycles. The smallest absolute Gasteiger partial charge is 0.323 e. The lowest BCUT2D eigenvalue weighted by atomic mass is 9.86. The van der Waals surface area contributed by atoms with Gasteiger partial charge in [0.1, 0.15) is 6.04 Å². The van der Waals surface area contributed by atoms with Crippen LogP contribution in [0.5, 0.6) is 0 Å². The van der Waals surface area contributed by atoms with Crippen molar-refractivity contribution < 1.29 is 18.3 Å². The third kappa shape index (κ3) is 5.40. The summed E-state index contributed by atoms with van der Waals surface area (Å²) in [6, 6.07) is 12.4. The van der Waals surface area contributed by atoms with Gasteiger partial charge in [-0.1, -0.05) is 78.7 Å². The van der Waals surface area contributed by atoms with E-state index in [-0.39, 0.29) is 10.3 Å². The van der Waals surface area contributed by atoms with Crippen molar-refractivity contribution in [2.24, 2.45) is 0 Å². The normalized spacial score (nSPS) is 14.6. The van der Waals surface area contributed by atoms with Crippen molar-refractivity contribution in [2.45, 2.75) is 48.9 Å². The summed E-state index contributed by atoms with van der Waals surface area (Å²) in [5, 5.41) is 9.59. The molecule has 2 N–H and O–H groups in total. The third-order valence-corrected chi connectivity index (χ3v) is 6.78. The lowest BCUT2D eigenvalue weighted by molar-refractivity contribution is -0.138. The van der Waals surface area contributed by atoms with E-state index in [1.807, 2.05) is 31.2 Å². The summed E-state index contributed by atoms with van der Waals surface area (Å²) in [4.78, 5) is 11.1. The maximum Gasteiger partial charge on any atom is 0.323 e. The number of carbonyl (C=O) groups is 1. The molecule has 0 aliphatic carbocycles. The van der Waals surface area contributed by atoms with Crippen LogP contribution in [0.2, 0.25) is 0 Å². The zero-order valence-corrected chi connectivity index (χ0v) is 18.1. The Bertz CT molecular complexity index is 900. The molecule has 0 aliphatic heterocycles. The fourth-order valence-electron chi connectivity index (χ4n) is 2.55. The van der Waals surface area contributed by atoms with E-state index in [0.29, 0.717) is 5.56 Å². The lowest BCUT2D eigenvalue weighted by Crippen LogP contribution is -2.43. The minimum Gasteiger partial charge on any atom is -0.480 e. The number of benzene rings is 2. The van der Waals surface area contributed by atoms with E-state index in [1.54, 1.807) is 12.1 Å². The van der Waals surface area contributed by atoms with Crippen LogP contribution < -0.4 is 4.72 Å². The van der Waals surface area contributed by atoms with Crippen molar-refractivity contribution in [1.29, 1.82) is 0 Å². The Hall–Kier alpha value is -1.70. The minimum absolute atomic E-state index is 0.0282. The van der Waals surface area contributed by atoms with Crippen LogP contribution in [-0.2, 0) is 20.2 Å². The average molecular weight is 454 g/mol. The molecular weight excluding hydrogens is 430 g/mol. The van der Waals surface area contributed by atoms with Crippen molar-refractivity contribution in [1.82, 2.24) is 4.72 Å². The van der Waals surface area contributed by atoms with Gasteiger partial charge < -0.3 is 5.11 Å². The molecule has 27 heavy (non-hydrogen) atoms. The summed E-state index contributed by atoms with van der Waals surface area (Å²) in [6.07, 6.45) is 0. The highest BCUT2D eigenvalue weighted by molar-refractivity contribution is 9.09. The van der Waals surface area contributed by atoms with Crippen LogP contribution in [0.3, 0.4) is 0 Å². The van der Waals surface area contributed by atoms with Crippen LogP contribution >= 0.6 is 15.9 Å². The van der Waals surface area contributed by atoms with Gasteiger partial charge in [0.25, 0.3) is 0 Å². The third-order valence-electron chi connectivity index (χ3n) is 4.27. The van der Waals surface area contributed by atoms with Crippen LogP contribution in [0.1, 0.15) is 42.3 Å². The molecule has 0 saturated carbocycles. The SMILES string of the molecule is Cc1ccc(S(=O)(=O)NC(C(=O)O)C(Br)c2ccc(C(C)(C)C)cc2)cc1. The zero-order valence-electron chi connectivity index (χ0n) is 15.7. The first-order valence-corrected chi connectivity index (χ1v) is 10.9. The summed E-state index contributed by atoms with van der Waals surface area (Å²) >= 11 is 3.36. The number of hydrogen-bond acceptors (Lipinski definition) is 3. The Morgan fingerprint density at radius 2 is 1.56 bits per heavy atom. The van der Waals surface area contributed by atoms with Gasteiger partial charge in [0, 0.05) is 0 Å². The van der Waals surface area contributed by atoms with Gasteiger partial charge >= 0.3 is 5.97 Å². The molecule has 0 heterocycles. The van der Waals surface area contributed by atoms with Crippen LogP contribution in [0.25, 0.3) is 0 Å². The van der Waals surface area contributed by atoms with Crippen molar-refractivity contribution in [3.05, 3.63) is 65.2 Å². The van der Waals surface area contributed by atoms with Crippen LogP contribution in [0.4, 0.5) is 0 Å². The minimum atomic E-state index is -3.97. The summed E-state index contributed by atoms with van der Waals surface area (Å²) in [6.45, 7) is 8.11. The van der Waals surface area contributed by atoms with E-state index in [2.05, 4.69) is 41.4 Å². The molecule has 0 bridgehead atoms. The summed E-state index contributed by atoms with van der Waals surface area (Å²) in [5.74, 6) is -1.26. The summed E-state index contributed by atoms with van der Waals surface area (Å²) < 4.78 is 27.5. The molecule has 0 aromatic heterocycles. The highest BCUT2D eigenvalue weighted by Crippen LogP contribution is 2.30. The molecule has 2 rings (SSSR count). The van der Waals surface area contributed by atoms with Gasteiger partial charge in [0.15, 0.2) is 0 Å². The molecule has 0 fully saturated rings. The molecular formula is C20H24BrNO4S. The Morgan fingerprint density at radius 1 is 1.04 bits per heavy atom. The Balaban J connectivity index is 2.28. The number of rotatable bonds is 6. The van der Waals surface area contributed by atoms with Crippen molar-refractivity contribution in [2.75, 3.05) is 0 Å². The molecule has 0 radical (unpaired) electrons. The highest BCUT2D eigenvalue weighted by Gasteiger charge is 2.32. The molecule has 5 nitrogen and oxygen atoms in total. The Kier molecular flexibility index (Phi) is 6.50. The van der Waals surface area contributed by atoms with Gasteiger partial charge in [-0.2, -0.15) is 4.72 Å². The zero-order chi connectivity index (χ0) is 20.4. The number of aliphatic carboxylic acids is 1. The first kappa shape index (κ1) is 21.6. The van der Waals surface area contributed by atoms with Crippen LogP contribution in [0.15, 0.2) is 53.4 Å². The molecule has 0 amide bonds. The second-order valence-electron chi connectivity index (χ2n) is 7.52. The predicted molar refractivity (Wildman–Crippen MR) is 110 cm³/mol. The number of aryl methyl sites for hydroxylation is 1. The van der Waals surface area contributed by atoms with Gasteiger partial charge in [-0.15, -0.1) is 0 Å². The van der Waals surface area contributed by atoms with E-state index in [9.17, 15) is 18.3 Å². The van der Waals surface area contributed by atoms with E-state index in [0.717, 1.165) is 11.1 Å². The van der Waals surface area contributed by atoms with E-state index in [4.69, 9.17) is 0 Å². The van der Waals surface area contributed by atoms with Gasteiger partial charge in [0.2, 0.25) is 10.0 Å². The molecule has 0 aliphatic rings. The molecule has 2 atom stereocenters. The number of hydrogen-bond donors (Lipinski definition) is 2. The molecule has 2 unspecified atom stereocenters. The molecule has 146 valence electrons. The summed E-state index contributed by atoms with van der Waals surface area (Å²) in [5.41, 5.74) is 2.68. The number of carboxylic acid groups (broad SMARTS) is 1. The predicted octanol–water partition coefficient (Wildman–Crippen LogP) is 4.16. The van der Waals surface area contributed by atoms with Crippen molar-refractivity contribution >= 4 is 31.9 Å². The standard InChI is InChI=1S/C20H24BrNO4S/c1-13-5-11-16(12-6-13)27(25,26)22-18(19(23)24)17(21)14-7-9-15(10-8-14)20(2,3)4/h5-12,17-18,22H,1-4H3,(H,23,24). The second kappa shape index (κ2) is 8.12. The number of sulfonamides is 1.